The Labute approximate surface area is 240 Å². The van der Waals surface area contributed by atoms with Crippen LogP contribution in [0.5, 0.6) is 17.2 Å². The molecule has 1 saturated heterocycles. The first kappa shape index (κ1) is 31.6. The van der Waals surface area contributed by atoms with Crippen LogP contribution in [0.25, 0.3) is 12.2 Å². The molecule has 0 radical (unpaired) electrons. The summed E-state index contributed by atoms with van der Waals surface area (Å²) in [7, 11) is 1.07. The van der Waals surface area contributed by atoms with E-state index in [0.29, 0.717) is 11.3 Å². The molecule has 1 fully saturated rings. The van der Waals surface area contributed by atoms with E-state index in [1.165, 1.54) is 25.1 Å². The third-order valence-electron chi connectivity index (χ3n) is 5.61. The van der Waals surface area contributed by atoms with Crippen molar-refractivity contribution in [3.63, 3.8) is 0 Å². The number of phenols is 1. The van der Waals surface area contributed by atoms with E-state index in [4.69, 9.17) is 33.2 Å². The molecule has 1 aliphatic rings. The number of carbonyl (C=O) groups excluding carboxylic acids is 5. The summed E-state index contributed by atoms with van der Waals surface area (Å²) < 4.78 is 37.3. The van der Waals surface area contributed by atoms with Crippen LogP contribution in [-0.2, 0) is 47.7 Å². The van der Waals surface area contributed by atoms with Crippen molar-refractivity contribution in [2.75, 3.05) is 7.11 Å². The lowest BCUT2D eigenvalue weighted by Gasteiger charge is -2.43. The van der Waals surface area contributed by atoms with Crippen LogP contribution in [0.1, 0.15) is 38.8 Å². The van der Waals surface area contributed by atoms with E-state index in [0.717, 1.165) is 33.4 Å². The minimum Gasteiger partial charge on any atom is -0.508 e. The van der Waals surface area contributed by atoms with Crippen molar-refractivity contribution in [2.45, 2.75) is 58.4 Å². The molecule has 1 N–H and O–H groups in total. The zero-order chi connectivity index (χ0) is 31.0. The maximum Gasteiger partial charge on any atom is 0.339 e. The van der Waals surface area contributed by atoms with Gasteiger partial charge in [-0.3, -0.25) is 19.2 Å². The van der Waals surface area contributed by atoms with E-state index in [1.54, 1.807) is 36.4 Å². The highest BCUT2D eigenvalue weighted by Gasteiger charge is 2.55. The Bertz CT molecular complexity index is 1350. The van der Waals surface area contributed by atoms with Gasteiger partial charge in [-0.25, -0.2) is 4.79 Å². The summed E-state index contributed by atoms with van der Waals surface area (Å²) in [5, 5.41) is 10.4. The second-order valence-corrected chi connectivity index (χ2v) is 9.04. The molecule has 13 nitrogen and oxygen atoms in total. The Morgan fingerprint density at radius 2 is 1.29 bits per heavy atom. The molecule has 0 aliphatic carbocycles. The van der Waals surface area contributed by atoms with Crippen molar-refractivity contribution in [3.8, 4) is 17.2 Å². The number of ether oxygens (including phenoxy) is 7. The molecule has 3 rings (SSSR count). The van der Waals surface area contributed by atoms with Crippen LogP contribution < -0.4 is 9.47 Å². The highest BCUT2D eigenvalue weighted by Crippen LogP contribution is 2.33. The van der Waals surface area contributed by atoms with Gasteiger partial charge in [0.25, 0.3) is 0 Å². The number of benzene rings is 2. The van der Waals surface area contributed by atoms with Crippen molar-refractivity contribution < 1.29 is 62.2 Å². The molecular formula is C29H30O13. The molecule has 1 aliphatic heterocycles. The van der Waals surface area contributed by atoms with Crippen molar-refractivity contribution in [2.24, 2.45) is 0 Å². The Balaban J connectivity index is 1.94. The predicted molar refractivity (Wildman–Crippen MR) is 143 cm³/mol. The fourth-order valence-electron chi connectivity index (χ4n) is 4.08. The quantitative estimate of drug-likeness (QED) is 0.197. The van der Waals surface area contributed by atoms with Crippen LogP contribution in [0.4, 0.5) is 0 Å². The van der Waals surface area contributed by atoms with E-state index in [-0.39, 0.29) is 11.5 Å². The second kappa shape index (κ2) is 14.1. The largest absolute Gasteiger partial charge is 0.508 e. The van der Waals surface area contributed by atoms with Crippen LogP contribution in [0.2, 0.25) is 0 Å². The molecule has 1 heterocycles. The van der Waals surface area contributed by atoms with E-state index >= 15 is 0 Å². The minimum absolute atomic E-state index is 0.0261. The highest BCUT2D eigenvalue weighted by atomic mass is 16.7. The van der Waals surface area contributed by atoms with E-state index in [2.05, 4.69) is 0 Å². The first-order valence-corrected chi connectivity index (χ1v) is 12.6. The fraction of sp³-hybridized carbons (Fsp3) is 0.345. The number of aromatic hydroxyl groups is 1. The molecule has 0 bridgehead atoms. The van der Waals surface area contributed by atoms with Crippen molar-refractivity contribution in [3.05, 3.63) is 53.6 Å². The topological polar surface area (TPSA) is 170 Å². The Morgan fingerprint density at radius 1 is 0.714 bits per heavy atom. The standard InChI is InChI=1S/C29H30O13/c1-15(30)37-22-10-8-19(9-11-22)6-7-20-12-21(34)14-23(13-20)41-29-27(40-18(4)33)25(39-17(3)32)24(38-16(2)31)26(42-29)28(35)36-5/h6-14,24-27,29,34H,1-5H3/b7-6-/t24-,25-,26-,27+,29+/m0/s1. The van der Waals surface area contributed by atoms with Gasteiger partial charge in [0.05, 0.1) is 7.11 Å². The van der Waals surface area contributed by atoms with Gasteiger partial charge in [-0.2, -0.15) is 0 Å². The summed E-state index contributed by atoms with van der Waals surface area (Å²) in [6.45, 7) is 4.53. The predicted octanol–water partition coefficient (Wildman–Crippen LogP) is 2.56. The van der Waals surface area contributed by atoms with E-state index < -0.39 is 60.6 Å². The Kier molecular flexibility index (Phi) is 10.6. The monoisotopic (exact) mass is 586 g/mol. The smallest absolute Gasteiger partial charge is 0.339 e. The van der Waals surface area contributed by atoms with Gasteiger partial charge in [0.15, 0.2) is 18.3 Å². The molecule has 0 unspecified atom stereocenters. The summed E-state index contributed by atoms with van der Waals surface area (Å²) in [5.74, 6) is -3.68. The van der Waals surface area contributed by atoms with Gasteiger partial charge in [-0.05, 0) is 35.4 Å². The van der Waals surface area contributed by atoms with Crippen LogP contribution >= 0.6 is 0 Å². The molecule has 5 atom stereocenters. The summed E-state index contributed by atoms with van der Waals surface area (Å²) in [6.07, 6.45) is -4.40. The van der Waals surface area contributed by atoms with E-state index in [1.807, 2.05) is 0 Å². The van der Waals surface area contributed by atoms with Crippen LogP contribution in [-0.4, -0.2) is 72.8 Å². The average molecular weight is 587 g/mol. The van der Waals surface area contributed by atoms with Crippen molar-refractivity contribution in [1.29, 1.82) is 0 Å². The Morgan fingerprint density at radius 3 is 1.86 bits per heavy atom. The zero-order valence-electron chi connectivity index (χ0n) is 23.4. The van der Waals surface area contributed by atoms with Crippen LogP contribution in [0.3, 0.4) is 0 Å². The van der Waals surface area contributed by atoms with Gasteiger partial charge in [0.2, 0.25) is 12.4 Å². The van der Waals surface area contributed by atoms with Crippen molar-refractivity contribution >= 4 is 42.0 Å². The lowest BCUT2D eigenvalue weighted by molar-refractivity contribution is -0.282. The number of rotatable bonds is 9. The number of phenolic OH excluding ortho intramolecular Hbond substituents is 1. The first-order valence-electron chi connectivity index (χ1n) is 12.6. The van der Waals surface area contributed by atoms with Gasteiger partial charge in [0, 0.05) is 33.8 Å². The lowest BCUT2D eigenvalue weighted by atomic mass is 9.97. The number of hydrogen-bond acceptors (Lipinski definition) is 13. The summed E-state index contributed by atoms with van der Waals surface area (Å²) in [4.78, 5) is 59.5. The summed E-state index contributed by atoms with van der Waals surface area (Å²) >= 11 is 0. The average Bonchev–Trinajstić information content (AvgIpc) is 2.89. The molecule has 224 valence electrons. The van der Waals surface area contributed by atoms with Gasteiger partial charge < -0.3 is 38.3 Å². The molecule has 0 aromatic heterocycles. The number of carbonyl (C=O) groups is 5. The summed E-state index contributed by atoms with van der Waals surface area (Å²) in [6, 6.07) is 10.9. The SMILES string of the molecule is COC(=O)[C@H]1O[C@@H](Oc2cc(O)cc(/C=C\c3ccc(OC(C)=O)cc3)c2)[C@H](OC(C)=O)[C@@H](OC(C)=O)[C@@H]1OC(C)=O. The minimum atomic E-state index is -1.63. The van der Waals surface area contributed by atoms with Gasteiger partial charge >= 0.3 is 29.8 Å². The number of esters is 5. The van der Waals surface area contributed by atoms with Crippen molar-refractivity contribution in [1.82, 2.24) is 0 Å². The molecule has 0 saturated carbocycles. The summed E-state index contributed by atoms with van der Waals surface area (Å²) in [5.41, 5.74) is 1.23. The normalized spacial score (nSPS) is 21.6. The molecule has 13 heteroatoms. The van der Waals surface area contributed by atoms with Gasteiger partial charge in [-0.1, -0.05) is 24.3 Å². The first-order chi connectivity index (χ1) is 19.9. The Hall–Kier alpha value is -4.91. The third kappa shape index (κ3) is 8.80. The molecule has 2 aromatic carbocycles. The molecule has 42 heavy (non-hydrogen) atoms. The third-order valence-corrected chi connectivity index (χ3v) is 5.61. The number of hydrogen-bond donors (Lipinski definition) is 1. The molecule has 0 spiro atoms. The lowest BCUT2D eigenvalue weighted by Crippen LogP contribution is -2.64. The highest BCUT2D eigenvalue weighted by molar-refractivity contribution is 5.77. The maximum atomic E-state index is 12.6. The molecule has 0 amide bonds. The second-order valence-electron chi connectivity index (χ2n) is 9.04. The van der Waals surface area contributed by atoms with Crippen LogP contribution in [0.15, 0.2) is 42.5 Å². The maximum absolute atomic E-state index is 12.6. The zero-order valence-corrected chi connectivity index (χ0v) is 23.4. The van der Waals surface area contributed by atoms with E-state index in [9.17, 15) is 29.1 Å². The molecular weight excluding hydrogens is 556 g/mol. The van der Waals surface area contributed by atoms with Gasteiger partial charge in [-0.15, -0.1) is 0 Å². The molecule has 2 aromatic rings. The number of methoxy groups -OCH3 is 1. The van der Waals surface area contributed by atoms with Gasteiger partial charge in [0.1, 0.15) is 17.2 Å². The van der Waals surface area contributed by atoms with Crippen LogP contribution in [0, 0.1) is 0 Å². The fourth-order valence-corrected chi connectivity index (χ4v) is 4.08.